The van der Waals surface area contributed by atoms with Gasteiger partial charge in [-0.1, -0.05) is 29.8 Å². The second kappa shape index (κ2) is 4.82. The molecule has 1 aliphatic rings. The monoisotopic (exact) mass is 274 g/mol. The summed E-state index contributed by atoms with van der Waals surface area (Å²) in [5.41, 5.74) is 1.13. The molecule has 1 heterocycles. The standard InChI is InChI=1S/C15H15ClN2O/c1-9(10-6-7-10)17-15(19)14-8-12(16)11-4-2-3-5-13(11)18-14/h2-5,8-10H,6-7H2,1H3,(H,17,19). The summed E-state index contributed by atoms with van der Waals surface area (Å²) >= 11 is 6.20. The molecule has 1 aliphatic carbocycles. The number of nitrogens with one attached hydrogen (secondary N) is 1. The minimum absolute atomic E-state index is 0.146. The lowest BCUT2D eigenvalue weighted by Crippen LogP contribution is -2.34. The first-order chi connectivity index (χ1) is 9.15. The van der Waals surface area contributed by atoms with Gasteiger partial charge in [-0.2, -0.15) is 0 Å². The lowest BCUT2D eigenvalue weighted by atomic mass is 10.2. The summed E-state index contributed by atoms with van der Waals surface area (Å²) in [6.45, 7) is 2.04. The maximum Gasteiger partial charge on any atom is 0.270 e. The van der Waals surface area contributed by atoms with E-state index in [-0.39, 0.29) is 11.9 Å². The number of rotatable bonds is 3. The molecule has 0 radical (unpaired) electrons. The van der Waals surface area contributed by atoms with Crippen molar-refractivity contribution in [3.8, 4) is 0 Å². The Morgan fingerprint density at radius 3 is 2.89 bits per heavy atom. The normalized spacial score (nSPS) is 16.3. The SMILES string of the molecule is CC(NC(=O)c1cc(Cl)c2ccccc2n1)C1CC1. The van der Waals surface area contributed by atoms with Crippen molar-refractivity contribution < 1.29 is 4.79 Å². The molecule has 1 atom stereocenters. The molecule has 0 bridgehead atoms. The highest BCUT2D eigenvalue weighted by Crippen LogP contribution is 2.32. The van der Waals surface area contributed by atoms with Crippen molar-refractivity contribution in [2.24, 2.45) is 5.92 Å². The fourth-order valence-corrected chi connectivity index (χ4v) is 2.51. The molecule has 1 aromatic carbocycles. The van der Waals surface area contributed by atoms with E-state index in [1.54, 1.807) is 6.07 Å². The van der Waals surface area contributed by atoms with Gasteiger partial charge in [-0.25, -0.2) is 4.98 Å². The average Bonchev–Trinajstić information content (AvgIpc) is 3.23. The van der Waals surface area contributed by atoms with Gasteiger partial charge in [-0.15, -0.1) is 0 Å². The number of carbonyl (C=O) groups excluding carboxylic acids is 1. The van der Waals surface area contributed by atoms with E-state index in [1.807, 2.05) is 31.2 Å². The Balaban J connectivity index is 1.89. The summed E-state index contributed by atoms with van der Waals surface area (Å²) in [4.78, 5) is 16.5. The molecule has 1 aromatic heterocycles. The van der Waals surface area contributed by atoms with Crippen LogP contribution in [-0.2, 0) is 0 Å². The van der Waals surface area contributed by atoms with E-state index in [0.717, 1.165) is 10.9 Å². The number of pyridine rings is 1. The van der Waals surface area contributed by atoms with Crippen molar-refractivity contribution in [2.75, 3.05) is 0 Å². The largest absolute Gasteiger partial charge is 0.348 e. The fraction of sp³-hybridized carbons (Fsp3) is 0.333. The zero-order valence-corrected chi connectivity index (χ0v) is 11.4. The van der Waals surface area contributed by atoms with E-state index in [9.17, 15) is 4.79 Å². The number of nitrogens with zero attached hydrogens (tertiary/aromatic N) is 1. The fourth-order valence-electron chi connectivity index (χ4n) is 2.24. The van der Waals surface area contributed by atoms with E-state index >= 15 is 0 Å². The van der Waals surface area contributed by atoms with Crippen LogP contribution in [0.25, 0.3) is 10.9 Å². The van der Waals surface area contributed by atoms with Crippen molar-refractivity contribution in [1.29, 1.82) is 0 Å². The van der Waals surface area contributed by atoms with E-state index in [4.69, 9.17) is 11.6 Å². The van der Waals surface area contributed by atoms with Crippen molar-refractivity contribution in [1.82, 2.24) is 10.3 Å². The Morgan fingerprint density at radius 2 is 2.16 bits per heavy atom. The van der Waals surface area contributed by atoms with Crippen LogP contribution in [0.3, 0.4) is 0 Å². The van der Waals surface area contributed by atoms with Crippen LogP contribution < -0.4 is 5.32 Å². The molecule has 1 amide bonds. The smallest absolute Gasteiger partial charge is 0.270 e. The van der Waals surface area contributed by atoms with Crippen LogP contribution in [0.15, 0.2) is 30.3 Å². The number of aromatic nitrogens is 1. The molecular formula is C15H15ClN2O. The molecule has 4 heteroatoms. The third kappa shape index (κ3) is 2.56. The first-order valence-corrected chi connectivity index (χ1v) is 6.89. The highest BCUT2D eigenvalue weighted by atomic mass is 35.5. The Morgan fingerprint density at radius 1 is 1.42 bits per heavy atom. The Hall–Kier alpha value is -1.61. The molecule has 19 heavy (non-hydrogen) atoms. The molecule has 1 N–H and O–H groups in total. The van der Waals surface area contributed by atoms with Crippen LogP contribution in [0.2, 0.25) is 5.02 Å². The summed E-state index contributed by atoms with van der Waals surface area (Å²) in [5, 5.41) is 4.43. The zero-order valence-electron chi connectivity index (χ0n) is 10.7. The minimum Gasteiger partial charge on any atom is -0.348 e. The predicted octanol–water partition coefficient (Wildman–Crippen LogP) is 3.42. The van der Waals surface area contributed by atoms with E-state index in [1.165, 1.54) is 12.8 Å². The minimum atomic E-state index is -0.146. The van der Waals surface area contributed by atoms with Crippen LogP contribution in [0.1, 0.15) is 30.3 Å². The summed E-state index contributed by atoms with van der Waals surface area (Å²) in [6.07, 6.45) is 2.40. The summed E-state index contributed by atoms with van der Waals surface area (Å²) in [6, 6.07) is 9.41. The molecule has 1 saturated carbocycles. The third-order valence-corrected chi connectivity index (χ3v) is 3.90. The van der Waals surface area contributed by atoms with Crippen LogP contribution >= 0.6 is 11.6 Å². The molecule has 3 rings (SSSR count). The first kappa shape index (κ1) is 12.4. The lowest BCUT2D eigenvalue weighted by molar-refractivity contribution is 0.0931. The average molecular weight is 275 g/mol. The summed E-state index contributed by atoms with van der Waals surface area (Å²) in [7, 11) is 0. The van der Waals surface area contributed by atoms with Gasteiger partial charge in [-0.05, 0) is 37.8 Å². The Labute approximate surface area is 117 Å². The molecule has 1 fully saturated rings. The second-order valence-electron chi connectivity index (χ2n) is 5.11. The number of halogens is 1. The number of fused-ring (bicyclic) bond motifs is 1. The molecule has 0 aliphatic heterocycles. The van der Waals surface area contributed by atoms with Gasteiger partial charge < -0.3 is 5.32 Å². The van der Waals surface area contributed by atoms with Gasteiger partial charge in [0.2, 0.25) is 0 Å². The van der Waals surface area contributed by atoms with E-state index in [0.29, 0.717) is 16.6 Å². The van der Waals surface area contributed by atoms with E-state index in [2.05, 4.69) is 10.3 Å². The zero-order chi connectivity index (χ0) is 13.4. The van der Waals surface area contributed by atoms with Gasteiger partial charge in [0, 0.05) is 11.4 Å². The number of hydrogen-bond acceptors (Lipinski definition) is 2. The topological polar surface area (TPSA) is 42.0 Å². The van der Waals surface area contributed by atoms with Crippen molar-refractivity contribution in [3.63, 3.8) is 0 Å². The molecule has 98 valence electrons. The van der Waals surface area contributed by atoms with Gasteiger partial charge in [0.15, 0.2) is 0 Å². The quantitative estimate of drug-likeness (QED) is 0.932. The van der Waals surface area contributed by atoms with Crippen molar-refractivity contribution in [3.05, 3.63) is 41.0 Å². The number of amides is 1. The Bertz CT molecular complexity index is 637. The van der Waals surface area contributed by atoms with Gasteiger partial charge in [0.05, 0.1) is 10.5 Å². The van der Waals surface area contributed by atoms with Gasteiger partial charge in [0.25, 0.3) is 5.91 Å². The summed E-state index contributed by atoms with van der Waals surface area (Å²) < 4.78 is 0. The second-order valence-corrected chi connectivity index (χ2v) is 5.51. The number of benzene rings is 1. The molecular weight excluding hydrogens is 260 g/mol. The number of para-hydroxylation sites is 1. The lowest BCUT2D eigenvalue weighted by Gasteiger charge is -2.12. The molecule has 0 spiro atoms. The first-order valence-electron chi connectivity index (χ1n) is 6.51. The highest BCUT2D eigenvalue weighted by molar-refractivity contribution is 6.35. The van der Waals surface area contributed by atoms with Crippen LogP contribution in [0.4, 0.5) is 0 Å². The summed E-state index contributed by atoms with van der Waals surface area (Å²) in [5.74, 6) is 0.479. The molecule has 2 aromatic rings. The van der Waals surface area contributed by atoms with Crippen LogP contribution in [-0.4, -0.2) is 16.9 Å². The van der Waals surface area contributed by atoms with Crippen LogP contribution in [0, 0.1) is 5.92 Å². The molecule has 0 saturated heterocycles. The Kier molecular flexibility index (Phi) is 3.15. The maximum absolute atomic E-state index is 12.2. The third-order valence-electron chi connectivity index (χ3n) is 3.59. The molecule has 3 nitrogen and oxygen atoms in total. The number of hydrogen-bond donors (Lipinski definition) is 1. The van der Waals surface area contributed by atoms with Crippen molar-refractivity contribution >= 4 is 28.4 Å². The van der Waals surface area contributed by atoms with Gasteiger partial charge >= 0.3 is 0 Å². The van der Waals surface area contributed by atoms with Crippen molar-refractivity contribution in [2.45, 2.75) is 25.8 Å². The predicted molar refractivity (Wildman–Crippen MR) is 76.4 cm³/mol. The molecule has 1 unspecified atom stereocenters. The van der Waals surface area contributed by atoms with E-state index < -0.39 is 0 Å². The van der Waals surface area contributed by atoms with Gasteiger partial charge in [0.1, 0.15) is 5.69 Å². The van der Waals surface area contributed by atoms with Gasteiger partial charge in [-0.3, -0.25) is 4.79 Å². The maximum atomic E-state index is 12.2. The van der Waals surface area contributed by atoms with Crippen LogP contribution in [0.5, 0.6) is 0 Å². The highest BCUT2D eigenvalue weighted by Gasteiger charge is 2.29. The number of carbonyl (C=O) groups is 1.